The summed E-state index contributed by atoms with van der Waals surface area (Å²) in [6.45, 7) is 1.94. The Kier molecular flexibility index (Phi) is 5.02. The topological polar surface area (TPSA) is 60.4 Å². The Morgan fingerprint density at radius 1 is 1.39 bits per heavy atom. The van der Waals surface area contributed by atoms with E-state index in [1.165, 1.54) is 10.9 Å². The van der Waals surface area contributed by atoms with E-state index in [4.69, 9.17) is 4.42 Å². The van der Waals surface area contributed by atoms with Gasteiger partial charge in [-0.3, -0.25) is 4.79 Å². The van der Waals surface area contributed by atoms with E-state index in [2.05, 4.69) is 64.5 Å². The molecule has 0 spiro atoms. The average Bonchev–Trinajstić information content (AvgIpc) is 2.85. The largest absolute Gasteiger partial charge is 0.448 e. The van der Waals surface area contributed by atoms with Gasteiger partial charge in [-0.25, -0.2) is 4.98 Å². The van der Waals surface area contributed by atoms with E-state index in [9.17, 15) is 4.79 Å². The smallest absolute Gasteiger partial charge is 0.282 e. The highest BCUT2D eigenvalue weighted by molar-refractivity contribution is 14.1. The van der Waals surface area contributed by atoms with Crippen LogP contribution in [-0.2, 0) is 6.42 Å². The Hall–Kier alpha value is -1.000. The third-order valence-corrected chi connectivity index (χ3v) is 5.78. The molecule has 0 bridgehead atoms. The maximum Gasteiger partial charge on any atom is 0.282 e. The van der Waals surface area contributed by atoms with E-state index in [0.717, 1.165) is 12.7 Å². The first kappa shape index (κ1) is 16.8. The van der Waals surface area contributed by atoms with Crippen molar-refractivity contribution in [2.45, 2.75) is 13.3 Å². The molecular formula is C15H10Br2IN3O2. The lowest BCUT2D eigenvalue weighted by molar-refractivity contribution is 0.528. The van der Waals surface area contributed by atoms with Gasteiger partial charge < -0.3 is 4.42 Å². The third kappa shape index (κ3) is 3.43. The van der Waals surface area contributed by atoms with Crippen molar-refractivity contribution in [1.29, 1.82) is 0 Å². The molecule has 118 valence electrons. The molecule has 0 aliphatic carbocycles. The number of hydrogen-bond acceptors (Lipinski definition) is 4. The average molecular weight is 551 g/mol. The van der Waals surface area contributed by atoms with E-state index in [-0.39, 0.29) is 5.56 Å². The summed E-state index contributed by atoms with van der Waals surface area (Å²) in [6, 6.07) is 7.24. The fourth-order valence-electron chi connectivity index (χ4n) is 2.08. The second kappa shape index (κ2) is 6.86. The first-order chi connectivity index (χ1) is 11.0. The van der Waals surface area contributed by atoms with Crippen LogP contribution in [0.3, 0.4) is 0 Å². The molecule has 8 heteroatoms. The van der Waals surface area contributed by atoms with Crippen molar-refractivity contribution in [3.8, 4) is 0 Å². The van der Waals surface area contributed by atoms with Crippen LogP contribution in [0.15, 0.2) is 47.5 Å². The maximum absolute atomic E-state index is 12.7. The summed E-state index contributed by atoms with van der Waals surface area (Å²) in [5.41, 5.74) is 0.460. The van der Waals surface area contributed by atoms with Gasteiger partial charge in [0, 0.05) is 39.6 Å². The van der Waals surface area contributed by atoms with Crippen LogP contribution < -0.4 is 5.56 Å². The van der Waals surface area contributed by atoms with E-state index in [1.54, 1.807) is 12.1 Å². The molecule has 0 atom stereocenters. The molecule has 0 fully saturated rings. The number of furan rings is 1. The lowest BCUT2D eigenvalue weighted by Crippen LogP contribution is -2.22. The van der Waals surface area contributed by atoms with E-state index >= 15 is 0 Å². The van der Waals surface area contributed by atoms with Crippen molar-refractivity contribution in [2.24, 2.45) is 5.10 Å². The molecule has 0 saturated carbocycles. The second-order valence-corrected chi connectivity index (χ2v) is 7.42. The highest BCUT2D eigenvalue weighted by Gasteiger charge is 2.10. The molecular weight excluding hydrogens is 541 g/mol. The lowest BCUT2D eigenvalue weighted by atomic mass is 10.2. The van der Waals surface area contributed by atoms with Crippen LogP contribution in [0.1, 0.15) is 18.5 Å². The van der Waals surface area contributed by atoms with Crippen LogP contribution in [0.4, 0.5) is 0 Å². The van der Waals surface area contributed by atoms with Crippen molar-refractivity contribution >= 4 is 71.6 Å². The van der Waals surface area contributed by atoms with Gasteiger partial charge in [-0.2, -0.15) is 9.78 Å². The summed E-state index contributed by atoms with van der Waals surface area (Å²) in [5, 5.41) is 4.78. The van der Waals surface area contributed by atoms with Gasteiger partial charge in [-0.1, -0.05) is 22.9 Å². The summed E-state index contributed by atoms with van der Waals surface area (Å²) >= 11 is 8.83. The number of rotatable bonds is 3. The Morgan fingerprint density at radius 2 is 2.17 bits per heavy atom. The molecule has 0 aliphatic rings. The van der Waals surface area contributed by atoms with Crippen LogP contribution in [-0.4, -0.2) is 15.9 Å². The molecule has 23 heavy (non-hydrogen) atoms. The number of aromatic nitrogens is 2. The van der Waals surface area contributed by atoms with Gasteiger partial charge >= 0.3 is 0 Å². The lowest BCUT2D eigenvalue weighted by Gasteiger charge is -2.07. The number of fused-ring (bicyclic) bond motifs is 1. The molecule has 0 radical (unpaired) electrons. The summed E-state index contributed by atoms with van der Waals surface area (Å²) in [7, 11) is 0. The van der Waals surface area contributed by atoms with Gasteiger partial charge in [0.15, 0.2) is 3.77 Å². The van der Waals surface area contributed by atoms with Gasteiger partial charge in [0.1, 0.15) is 11.6 Å². The minimum atomic E-state index is -0.204. The van der Waals surface area contributed by atoms with Crippen molar-refractivity contribution in [2.75, 3.05) is 0 Å². The molecule has 1 aromatic carbocycles. The quantitative estimate of drug-likeness (QED) is 0.355. The van der Waals surface area contributed by atoms with Crippen LogP contribution in [0.2, 0.25) is 0 Å². The van der Waals surface area contributed by atoms with Gasteiger partial charge in [0.2, 0.25) is 0 Å². The first-order valence-corrected chi connectivity index (χ1v) is 9.36. The molecule has 0 N–H and O–H groups in total. The monoisotopic (exact) mass is 549 g/mol. The van der Waals surface area contributed by atoms with Crippen LogP contribution in [0.5, 0.6) is 0 Å². The molecule has 2 aromatic heterocycles. The molecule has 0 amide bonds. The number of aryl methyl sites for hydroxylation is 1. The minimum Gasteiger partial charge on any atom is -0.448 e. The van der Waals surface area contributed by atoms with Crippen molar-refractivity contribution < 1.29 is 4.42 Å². The predicted molar refractivity (Wildman–Crippen MR) is 105 cm³/mol. The zero-order chi connectivity index (χ0) is 16.6. The third-order valence-electron chi connectivity index (χ3n) is 3.16. The Balaban J connectivity index is 2.15. The van der Waals surface area contributed by atoms with Gasteiger partial charge in [0.25, 0.3) is 5.56 Å². The Labute approximate surface area is 162 Å². The fraction of sp³-hybridized carbons (Fsp3) is 0.133. The summed E-state index contributed by atoms with van der Waals surface area (Å²) in [4.78, 5) is 17.2. The fourth-order valence-corrected chi connectivity index (χ4v) is 3.16. The SMILES string of the molecule is CCc1nc2ccc(Br)cc2c(=O)n1N=Cc1cc(Br)c(I)o1. The molecule has 0 saturated heterocycles. The first-order valence-electron chi connectivity index (χ1n) is 6.70. The number of benzene rings is 1. The molecule has 5 nitrogen and oxygen atoms in total. The van der Waals surface area contributed by atoms with Gasteiger partial charge in [-0.05, 0) is 34.1 Å². The number of nitrogens with zero attached hydrogens (tertiary/aromatic N) is 3. The van der Waals surface area contributed by atoms with Gasteiger partial charge in [0.05, 0.1) is 21.6 Å². The van der Waals surface area contributed by atoms with E-state index < -0.39 is 0 Å². The van der Waals surface area contributed by atoms with E-state index in [0.29, 0.717) is 28.9 Å². The van der Waals surface area contributed by atoms with Crippen molar-refractivity contribution in [3.05, 3.63) is 58.9 Å². The summed E-state index contributed by atoms with van der Waals surface area (Å²) in [6.07, 6.45) is 2.11. The van der Waals surface area contributed by atoms with Crippen LogP contribution in [0, 0.1) is 3.77 Å². The van der Waals surface area contributed by atoms with Crippen molar-refractivity contribution in [1.82, 2.24) is 9.66 Å². The highest BCUT2D eigenvalue weighted by atomic mass is 127. The van der Waals surface area contributed by atoms with Crippen molar-refractivity contribution in [3.63, 3.8) is 0 Å². The number of halogens is 3. The molecule has 3 aromatic rings. The minimum absolute atomic E-state index is 0.204. The molecule has 0 aliphatic heterocycles. The Bertz CT molecular complexity index is 959. The summed E-state index contributed by atoms with van der Waals surface area (Å²) in [5.74, 6) is 1.16. The summed E-state index contributed by atoms with van der Waals surface area (Å²) < 4.78 is 9.23. The predicted octanol–water partition coefficient (Wildman–Crippen LogP) is 4.56. The molecule has 2 heterocycles. The molecule has 0 unspecified atom stereocenters. The van der Waals surface area contributed by atoms with Crippen LogP contribution in [0.25, 0.3) is 10.9 Å². The highest BCUT2D eigenvalue weighted by Crippen LogP contribution is 2.22. The zero-order valence-electron chi connectivity index (χ0n) is 11.9. The molecule has 3 rings (SSSR count). The normalized spacial score (nSPS) is 11.7. The second-order valence-electron chi connectivity index (χ2n) is 4.67. The number of hydrogen-bond donors (Lipinski definition) is 0. The van der Waals surface area contributed by atoms with Crippen LogP contribution >= 0.6 is 54.5 Å². The Morgan fingerprint density at radius 3 is 2.83 bits per heavy atom. The standard InChI is InChI=1S/C15H10Br2IN3O2/c1-2-13-20-12-4-3-8(16)5-10(12)15(22)21(13)19-7-9-6-11(17)14(18)23-9/h3-7H,2H2,1H3. The maximum atomic E-state index is 12.7. The van der Waals surface area contributed by atoms with Gasteiger partial charge in [-0.15, -0.1) is 0 Å². The zero-order valence-corrected chi connectivity index (χ0v) is 17.2. The van der Waals surface area contributed by atoms with E-state index in [1.807, 2.05) is 19.1 Å².